The molecule has 0 spiro atoms. The van der Waals surface area contributed by atoms with E-state index in [0.717, 1.165) is 5.56 Å². The number of ether oxygens (including phenoxy) is 1. The van der Waals surface area contributed by atoms with Crippen LogP contribution in [0, 0.1) is 0 Å². The molecule has 0 saturated carbocycles. The van der Waals surface area contributed by atoms with E-state index in [9.17, 15) is 9.18 Å². The van der Waals surface area contributed by atoms with Crippen LogP contribution in [0.4, 0.5) is 4.39 Å². The Balaban J connectivity index is 1.76. The molecule has 7 heteroatoms. The average Bonchev–Trinajstić information content (AvgIpc) is 3.02. The molecule has 1 aliphatic heterocycles. The highest BCUT2D eigenvalue weighted by atomic mass is 19.1. The summed E-state index contributed by atoms with van der Waals surface area (Å²) in [4.78, 5) is 13.9. The normalized spacial score (nSPS) is 22.0. The zero-order chi connectivity index (χ0) is 16.8. The van der Waals surface area contributed by atoms with Gasteiger partial charge in [-0.15, -0.1) is 0 Å². The van der Waals surface area contributed by atoms with Crippen molar-refractivity contribution in [1.29, 1.82) is 0 Å². The molecule has 1 aliphatic rings. The van der Waals surface area contributed by atoms with Gasteiger partial charge in [0.25, 0.3) is 0 Å². The molecule has 1 saturated heterocycles. The summed E-state index contributed by atoms with van der Waals surface area (Å²) in [5.41, 5.74) is 1.06. The van der Waals surface area contributed by atoms with Gasteiger partial charge in [0.15, 0.2) is 0 Å². The SMILES string of the molecule is CC(C)OCCC(=O)NC[C@@H]1C[C@H](F)CN1Cc1cnn(C)c1. The fraction of sp³-hybridized carbons (Fsp3) is 0.750. The van der Waals surface area contributed by atoms with Gasteiger partial charge >= 0.3 is 0 Å². The van der Waals surface area contributed by atoms with Crippen LogP contribution < -0.4 is 5.32 Å². The molecule has 1 N–H and O–H groups in total. The first-order valence-electron chi connectivity index (χ1n) is 8.18. The highest BCUT2D eigenvalue weighted by Crippen LogP contribution is 2.22. The van der Waals surface area contributed by atoms with Crippen molar-refractivity contribution in [2.24, 2.45) is 7.05 Å². The van der Waals surface area contributed by atoms with Gasteiger partial charge in [-0.25, -0.2) is 4.39 Å². The van der Waals surface area contributed by atoms with E-state index in [1.807, 2.05) is 27.1 Å². The van der Waals surface area contributed by atoms with Gasteiger partial charge in [0, 0.05) is 50.9 Å². The molecule has 1 amide bonds. The molecule has 23 heavy (non-hydrogen) atoms. The number of rotatable bonds is 8. The van der Waals surface area contributed by atoms with Crippen molar-refractivity contribution in [3.63, 3.8) is 0 Å². The number of halogens is 1. The van der Waals surface area contributed by atoms with Gasteiger partial charge < -0.3 is 10.1 Å². The third-order valence-corrected chi connectivity index (χ3v) is 3.94. The predicted octanol–water partition coefficient (Wildman–Crippen LogP) is 1.26. The molecule has 1 aromatic heterocycles. The molecule has 0 aliphatic carbocycles. The monoisotopic (exact) mass is 326 g/mol. The van der Waals surface area contributed by atoms with Crippen LogP contribution in [0.3, 0.4) is 0 Å². The number of aryl methyl sites for hydroxylation is 1. The maximum atomic E-state index is 13.8. The van der Waals surface area contributed by atoms with Crippen LogP contribution >= 0.6 is 0 Å². The highest BCUT2D eigenvalue weighted by Gasteiger charge is 2.32. The van der Waals surface area contributed by atoms with E-state index < -0.39 is 6.17 Å². The summed E-state index contributed by atoms with van der Waals surface area (Å²) < 4.78 is 20.9. The van der Waals surface area contributed by atoms with Crippen LogP contribution in [-0.4, -0.2) is 58.6 Å². The Morgan fingerprint density at radius 1 is 1.57 bits per heavy atom. The highest BCUT2D eigenvalue weighted by molar-refractivity contribution is 5.75. The molecule has 2 heterocycles. The Morgan fingerprint density at radius 2 is 2.35 bits per heavy atom. The van der Waals surface area contributed by atoms with Crippen LogP contribution in [0.5, 0.6) is 0 Å². The fourth-order valence-corrected chi connectivity index (χ4v) is 2.82. The van der Waals surface area contributed by atoms with Crippen molar-refractivity contribution in [3.05, 3.63) is 18.0 Å². The summed E-state index contributed by atoms with van der Waals surface area (Å²) in [6.45, 7) is 5.83. The van der Waals surface area contributed by atoms with E-state index >= 15 is 0 Å². The Bertz CT molecular complexity index is 506. The van der Waals surface area contributed by atoms with E-state index in [2.05, 4.69) is 15.3 Å². The predicted molar refractivity (Wildman–Crippen MR) is 85.6 cm³/mol. The smallest absolute Gasteiger partial charge is 0.222 e. The quantitative estimate of drug-likeness (QED) is 0.781. The van der Waals surface area contributed by atoms with Crippen molar-refractivity contribution in [2.45, 2.75) is 51.6 Å². The lowest BCUT2D eigenvalue weighted by molar-refractivity contribution is -0.122. The number of nitrogens with one attached hydrogen (secondary N) is 1. The zero-order valence-electron chi connectivity index (χ0n) is 14.2. The zero-order valence-corrected chi connectivity index (χ0v) is 14.2. The minimum atomic E-state index is -0.835. The lowest BCUT2D eigenvalue weighted by Crippen LogP contribution is -2.40. The topological polar surface area (TPSA) is 59.4 Å². The van der Waals surface area contributed by atoms with Gasteiger partial charge in [0.05, 0.1) is 18.9 Å². The number of amides is 1. The van der Waals surface area contributed by atoms with Crippen LogP contribution in [0.1, 0.15) is 32.3 Å². The molecule has 0 aromatic carbocycles. The molecule has 1 aromatic rings. The second-order valence-electron chi connectivity index (χ2n) is 6.41. The van der Waals surface area contributed by atoms with Crippen molar-refractivity contribution in [1.82, 2.24) is 20.0 Å². The summed E-state index contributed by atoms with van der Waals surface area (Å²) in [6.07, 6.45) is 3.82. The minimum absolute atomic E-state index is 0.0279. The third kappa shape index (κ3) is 5.91. The van der Waals surface area contributed by atoms with Crippen LogP contribution in [0.25, 0.3) is 0 Å². The summed E-state index contributed by atoms with van der Waals surface area (Å²) in [6, 6.07) is 0.0279. The van der Waals surface area contributed by atoms with Crippen molar-refractivity contribution < 1.29 is 13.9 Å². The molecular formula is C16H27FN4O2. The summed E-state index contributed by atoms with van der Waals surface area (Å²) >= 11 is 0. The molecule has 0 unspecified atom stereocenters. The van der Waals surface area contributed by atoms with E-state index in [0.29, 0.717) is 39.1 Å². The van der Waals surface area contributed by atoms with Crippen LogP contribution in [0.2, 0.25) is 0 Å². The van der Waals surface area contributed by atoms with Gasteiger partial charge in [-0.05, 0) is 20.3 Å². The number of aromatic nitrogens is 2. The first-order chi connectivity index (χ1) is 10.9. The molecule has 2 rings (SSSR count). The first kappa shape index (κ1) is 17.9. The fourth-order valence-electron chi connectivity index (χ4n) is 2.82. The van der Waals surface area contributed by atoms with E-state index in [4.69, 9.17) is 4.74 Å². The standard InChI is InChI=1S/C16H27FN4O2/c1-12(2)23-5-4-16(22)18-8-15-6-14(17)11-21(15)10-13-7-19-20(3)9-13/h7,9,12,14-15H,4-6,8,10-11H2,1-3H3,(H,18,22)/t14-,15-/m0/s1. The second kappa shape index (κ2) is 8.40. The maximum Gasteiger partial charge on any atom is 0.222 e. The Hall–Kier alpha value is -1.47. The summed E-state index contributed by atoms with van der Waals surface area (Å²) in [5, 5.41) is 7.03. The lowest BCUT2D eigenvalue weighted by Gasteiger charge is -2.23. The van der Waals surface area contributed by atoms with Crippen molar-refractivity contribution >= 4 is 5.91 Å². The van der Waals surface area contributed by atoms with E-state index in [1.54, 1.807) is 10.9 Å². The third-order valence-electron chi connectivity index (χ3n) is 3.94. The molecular weight excluding hydrogens is 299 g/mol. The number of likely N-dealkylation sites (tertiary alicyclic amines) is 1. The molecule has 1 fully saturated rings. The van der Waals surface area contributed by atoms with E-state index in [1.165, 1.54) is 0 Å². The number of hydrogen-bond acceptors (Lipinski definition) is 4. The Morgan fingerprint density at radius 3 is 3.00 bits per heavy atom. The average molecular weight is 326 g/mol. The second-order valence-corrected chi connectivity index (χ2v) is 6.41. The molecule has 0 radical (unpaired) electrons. The van der Waals surface area contributed by atoms with Gasteiger partial charge in [-0.1, -0.05) is 0 Å². The first-order valence-corrected chi connectivity index (χ1v) is 8.18. The number of carbonyl (C=O) groups is 1. The van der Waals surface area contributed by atoms with Gasteiger partial charge in [-0.3, -0.25) is 14.4 Å². The number of hydrogen-bond donors (Lipinski definition) is 1. The molecule has 2 atom stereocenters. The number of nitrogens with zero attached hydrogens (tertiary/aromatic N) is 3. The minimum Gasteiger partial charge on any atom is -0.378 e. The van der Waals surface area contributed by atoms with Crippen molar-refractivity contribution in [2.75, 3.05) is 19.7 Å². The summed E-state index contributed by atoms with van der Waals surface area (Å²) in [5.74, 6) is -0.0470. The van der Waals surface area contributed by atoms with Gasteiger partial charge in [-0.2, -0.15) is 5.10 Å². The molecule has 130 valence electrons. The largest absolute Gasteiger partial charge is 0.378 e. The molecule has 0 bridgehead atoms. The maximum absolute atomic E-state index is 13.8. The van der Waals surface area contributed by atoms with E-state index in [-0.39, 0.29) is 18.1 Å². The molecule has 6 nitrogen and oxygen atoms in total. The summed E-state index contributed by atoms with van der Waals surface area (Å²) in [7, 11) is 1.86. The van der Waals surface area contributed by atoms with Gasteiger partial charge in [0.1, 0.15) is 6.17 Å². The Kier molecular flexibility index (Phi) is 6.53. The van der Waals surface area contributed by atoms with Crippen LogP contribution in [-0.2, 0) is 23.1 Å². The Labute approximate surface area is 137 Å². The lowest BCUT2D eigenvalue weighted by atomic mass is 10.2. The van der Waals surface area contributed by atoms with Crippen LogP contribution in [0.15, 0.2) is 12.4 Å². The van der Waals surface area contributed by atoms with Crippen molar-refractivity contribution in [3.8, 4) is 0 Å². The number of carbonyl (C=O) groups excluding carboxylic acids is 1. The number of alkyl halides is 1. The van der Waals surface area contributed by atoms with Gasteiger partial charge in [0.2, 0.25) is 5.91 Å².